The van der Waals surface area contributed by atoms with Crippen molar-refractivity contribution in [1.29, 1.82) is 0 Å². The molecule has 16 heteroatoms. The Morgan fingerprint density at radius 3 is 2.15 bits per heavy atom. The number of carbonyl (C=O) groups is 6. The third kappa shape index (κ3) is 9.70. The van der Waals surface area contributed by atoms with E-state index in [-0.39, 0.29) is 31.6 Å². The lowest BCUT2D eigenvalue weighted by molar-refractivity contribution is -0.142. The highest BCUT2D eigenvalue weighted by Crippen LogP contribution is 2.22. The average molecular weight is 733 g/mol. The number of aromatic nitrogens is 1. The number of aromatic hydroxyl groups is 1. The molecule has 2 aromatic carbocycles. The number of H-pyrrole nitrogens is 1. The largest absolute Gasteiger partial charge is 0.508 e. The molecule has 1 aromatic heterocycles. The summed E-state index contributed by atoms with van der Waals surface area (Å²) >= 11 is 0. The van der Waals surface area contributed by atoms with Crippen LogP contribution in [0.5, 0.6) is 5.75 Å². The molecule has 0 unspecified atom stereocenters. The number of hydrogen-bond donors (Lipinski definition) is 9. The smallest absolute Gasteiger partial charge is 0.246 e. The van der Waals surface area contributed by atoms with E-state index in [9.17, 15) is 39.0 Å². The zero-order chi connectivity index (χ0) is 38.1. The molecular weight excluding hydrogens is 684 g/mol. The van der Waals surface area contributed by atoms with Gasteiger partial charge < -0.3 is 52.4 Å². The highest BCUT2D eigenvalue weighted by molar-refractivity contribution is 5.98. The topological polar surface area (TPSA) is 248 Å². The number of phenols is 1. The summed E-state index contributed by atoms with van der Waals surface area (Å²) in [4.78, 5) is 87.3. The molecule has 0 bridgehead atoms. The first-order valence-corrected chi connectivity index (χ1v) is 17.9. The number of fused-ring (bicyclic) bond motifs is 2. The monoisotopic (exact) mass is 732 g/mol. The molecule has 10 N–H and O–H groups in total. The number of phenolic OH excluding ortho intramolecular Hbond substituents is 1. The van der Waals surface area contributed by atoms with Crippen LogP contribution in [-0.4, -0.2) is 111 Å². The second-order valence-corrected chi connectivity index (χ2v) is 13.6. The molecule has 0 saturated carbocycles. The van der Waals surface area contributed by atoms with Crippen molar-refractivity contribution < 1.29 is 39.0 Å². The second-order valence-electron chi connectivity index (χ2n) is 13.6. The molecule has 2 fully saturated rings. The zero-order valence-electron chi connectivity index (χ0n) is 29.6. The van der Waals surface area contributed by atoms with Gasteiger partial charge in [-0.2, -0.15) is 0 Å². The number of unbranched alkanes of at least 4 members (excludes halogenated alkanes) is 1. The van der Waals surface area contributed by atoms with E-state index in [1.54, 1.807) is 18.3 Å². The van der Waals surface area contributed by atoms with Crippen molar-refractivity contribution in [1.82, 2.24) is 36.5 Å². The Labute approximate surface area is 306 Å². The Hall–Kier alpha value is -5.48. The second kappa shape index (κ2) is 17.8. The van der Waals surface area contributed by atoms with E-state index in [2.05, 4.69) is 31.6 Å². The van der Waals surface area contributed by atoms with Gasteiger partial charge in [0.05, 0.1) is 6.61 Å². The van der Waals surface area contributed by atoms with Gasteiger partial charge in [-0.3, -0.25) is 28.8 Å². The SMILES string of the molecule is C[C@H]1NC(=O)[C@@H]2CCCN2C(=O)[C@H](Cc2ccc(O)cc2)NC(=O)[C@H](CCCCN)NC(=O)[C@H](Cc2c[nH]c3ccccc23)NC(=O)[C@H](CO)NC1=O. The van der Waals surface area contributed by atoms with Gasteiger partial charge in [-0.1, -0.05) is 30.3 Å². The summed E-state index contributed by atoms with van der Waals surface area (Å²) in [5.74, 6) is -4.08. The van der Waals surface area contributed by atoms with Crippen molar-refractivity contribution in [3.8, 4) is 5.75 Å². The molecule has 5 rings (SSSR count). The van der Waals surface area contributed by atoms with Gasteiger partial charge in [-0.25, -0.2) is 0 Å². The molecule has 2 saturated heterocycles. The highest BCUT2D eigenvalue weighted by atomic mass is 16.3. The minimum atomic E-state index is -1.48. The van der Waals surface area contributed by atoms with Crippen LogP contribution in [0.15, 0.2) is 54.7 Å². The summed E-state index contributed by atoms with van der Waals surface area (Å²) in [6.45, 7) is 1.16. The molecule has 53 heavy (non-hydrogen) atoms. The number of nitrogens with zero attached hydrogens (tertiary/aromatic N) is 1. The number of aliphatic hydroxyl groups excluding tert-OH is 1. The Bertz CT molecular complexity index is 1800. The van der Waals surface area contributed by atoms with Gasteiger partial charge in [0.25, 0.3) is 0 Å². The van der Waals surface area contributed by atoms with Crippen molar-refractivity contribution in [2.45, 2.75) is 88.1 Å². The van der Waals surface area contributed by atoms with E-state index >= 15 is 0 Å². The summed E-state index contributed by atoms with van der Waals surface area (Å²) < 4.78 is 0. The van der Waals surface area contributed by atoms with Crippen LogP contribution >= 0.6 is 0 Å². The molecule has 6 amide bonds. The maximum atomic E-state index is 14.2. The van der Waals surface area contributed by atoms with Crippen molar-refractivity contribution in [3.63, 3.8) is 0 Å². The van der Waals surface area contributed by atoms with E-state index in [4.69, 9.17) is 5.73 Å². The highest BCUT2D eigenvalue weighted by Gasteiger charge is 2.40. The minimum Gasteiger partial charge on any atom is -0.508 e. The molecular formula is C37H48N8O8. The summed E-state index contributed by atoms with van der Waals surface area (Å²) in [5, 5.41) is 34.1. The molecule has 0 radical (unpaired) electrons. The lowest BCUT2D eigenvalue weighted by Crippen LogP contribution is -2.61. The van der Waals surface area contributed by atoms with Crippen molar-refractivity contribution in [3.05, 3.63) is 65.9 Å². The van der Waals surface area contributed by atoms with Crippen molar-refractivity contribution >= 4 is 46.3 Å². The number of amides is 6. The van der Waals surface area contributed by atoms with E-state index in [0.29, 0.717) is 43.4 Å². The van der Waals surface area contributed by atoms with Gasteiger partial charge in [0.15, 0.2) is 0 Å². The van der Waals surface area contributed by atoms with Gasteiger partial charge >= 0.3 is 0 Å². The Morgan fingerprint density at radius 2 is 1.42 bits per heavy atom. The Balaban J connectivity index is 1.52. The quantitative estimate of drug-likeness (QED) is 0.125. The molecule has 2 aliphatic heterocycles. The Kier molecular flexibility index (Phi) is 13.0. The van der Waals surface area contributed by atoms with Crippen molar-refractivity contribution in [2.75, 3.05) is 19.7 Å². The van der Waals surface area contributed by atoms with E-state index in [1.165, 1.54) is 24.0 Å². The number of carbonyl (C=O) groups excluding carboxylic acids is 6. The molecule has 0 aliphatic carbocycles. The van der Waals surface area contributed by atoms with Gasteiger partial charge in [-0.05, 0) is 74.9 Å². The summed E-state index contributed by atoms with van der Waals surface area (Å²) in [6, 6.07) is 6.37. The standard InChI is InChI=1S/C37H48N8O8/c1-21-32(48)44-30(20-46)35(51)42-28(18-23-19-39-26-8-3-2-7-25(23)26)34(50)41-27(9-4-5-15-38)33(49)43-29(17-22-11-13-24(47)14-12-22)37(53)45-16-6-10-31(45)36(52)40-21/h2-3,7-8,11-14,19,21,27-31,39,46-47H,4-6,9-10,15-18,20,38H2,1H3,(H,40,52)(H,41,50)(H,42,51)(H,43,49)(H,44,48)/t21-,27+,28+,29+,30+,31+/m1/s1. The molecule has 2 aliphatic rings. The fourth-order valence-corrected chi connectivity index (χ4v) is 6.75. The average Bonchev–Trinajstić information content (AvgIpc) is 3.81. The number of hydrogen-bond acceptors (Lipinski definition) is 9. The molecule has 3 aromatic rings. The van der Waals surface area contributed by atoms with Crippen LogP contribution in [0.25, 0.3) is 10.9 Å². The first-order valence-electron chi connectivity index (χ1n) is 17.9. The van der Waals surface area contributed by atoms with E-state index in [0.717, 1.165) is 10.9 Å². The van der Waals surface area contributed by atoms with Gasteiger partial charge in [0.2, 0.25) is 35.4 Å². The maximum Gasteiger partial charge on any atom is 0.246 e. The number of aromatic amines is 1. The van der Waals surface area contributed by atoms with Gasteiger partial charge in [0.1, 0.15) is 42.0 Å². The van der Waals surface area contributed by atoms with Crippen LogP contribution < -0.4 is 32.3 Å². The lowest BCUT2D eigenvalue weighted by Gasteiger charge is -2.31. The van der Waals surface area contributed by atoms with Crippen LogP contribution in [0.3, 0.4) is 0 Å². The van der Waals surface area contributed by atoms with Crippen LogP contribution in [-0.2, 0) is 41.6 Å². The Morgan fingerprint density at radius 1 is 0.755 bits per heavy atom. The molecule has 6 atom stereocenters. The zero-order valence-corrected chi connectivity index (χ0v) is 29.6. The molecule has 0 spiro atoms. The third-order valence-electron chi connectivity index (χ3n) is 9.71. The van der Waals surface area contributed by atoms with E-state index in [1.807, 2.05) is 24.3 Å². The molecule has 3 heterocycles. The fraction of sp³-hybridized carbons (Fsp3) is 0.459. The predicted octanol–water partition coefficient (Wildman–Crippen LogP) is -0.771. The summed E-state index contributed by atoms with van der Waals surface area (Å²) in [5.41, 5.74) is 7.85. The number of benzene rings is 2. The number of para-hydroxylation sites is 1. The maximum absolute atomic E-state index is 14.2. The number of rotatable bonds is 9. The minimum absolute atomic E-state index is 0.0137. The third-order valence-corrected chi connectivity index (χ3v) is 9.71. The summed E-state index contributed by atoms with van der Waals surface area (Å²) in [7, 11) is 0. The summed E-state index contributed by atoms with van der Waals surface area (Å²) in [6.07, 6.45) is 3.67. The molecule has 284 valence electrons. The predicted molar refractivity (Wildman–Crippen MR) is 194 cm³/mol. The first kappa shape index (κ1) is 38.7. The normalized spacial score (nSPS) is 25.1. The van der Waals surface area contributed by atoms with Crippen LogP contribution in [0, 0.1) is 0 Å². The van der Waals surface area contributed by atoms with Gasteiger partial charge in [-0.15, -0.1) is 0 Å². The number of nitrogens with two attached hydrogens (primary N) is 1. The van der Waals surface area contributed by atoms with Crippen LogP contribution in [0.2, 0.25) is 0 Å². The van der Waals surface area contributed by atoms with E-state index < -0.39 is 78.3 Å². The van der Waals surface area contributed by atoms with Crippen LogP contribution in [0.1, 0.15) is 50.2 Å². The van der Waals surface area contributed by atoms with Gasteiger partial charge in [0, 0.05) is 36.5 Å². The van der Waals surface area contributed by atoms with Crippen molar-refractivity contribution in [2.24, 2.45) is 5.73 Å². The molecule has 16 nitrogen and oxygen atoms in total. The lowest BCUT2D eigenvalue weighted by atomic mass is 10.0. The fourth-order valence-electron chi connectivity index (χ4n) is 6.75. The number of nitrogens with one attached hydrogen (secondary N) is 6. The number of aliphatic hydroxyl groups is 1. The first-order chi connectivity index (χ1) is 25.5. The van der Waals surface area contributed by atoms with Crippen LogP contribution in [0.4, 0.5) is 0 Å².